The van der Waals surface area contributed by atoms with Gasteiger partial charge >= 0.3 is 0 Å². The van der Waals surface area contributed by atoms with E-state index < -0.39 is 0 Å². The molecule has 6 heteroatoms. The fourth-order valence-corrected chi connectivity index (χ4v) is 7.04. The second kappa shape index (κ2) is 7.37. The lowest BCUT2D eigenvalue weighted by Crippen LogP contribution is -2.36. The molecule has 0 radical (unpaired) electrons. The molecule has 5 nitrogen and oxygen atoms in total. The number of rotatable bonds is 4. The van der Waals surface area contributed by atoms with Gasteiger partial charge in [0, 0.05) is 69.1 Å². The molecule has 2 bridgehead atoms. The van der Waals surface area contributed by atoms with E-state index in [-0.39, 0.29) is 11.2 Å². The molecule has 2 saturated heterocycles. The van der Waals surface area contributed by atoms with Crippen LogP contribution in [0.4, 0.5) is 0 Å². The van der Waals surface area contributed by atoms with Crippen molar-refractivity contribution in [1.29, 1.82) is 0 Å². The molecule has 156 valence electrons. The number of likely N-dealkylation sites (tertiary alicyclic amines) is 1. The largest absolute Gasteiger partial charge is 0.503 e. The average molecular weight is 406 g/mol. The predicted molar refractivity (Wildman–Crippen MR) is 116 cm³/mol. The Kier molecular flexibility index (Phi) is 5.34. The van der Waals surface area contributed by atoms with Crippen molar-refractivity contribution in [2.75, 3.05) is 31.1 Å². The SMILES string of the molecule is Cn1c(CN2CCSCC2)cc(=O)c(O)c1CN1C[C@]2(C)C[C@@H]1CC(C)(C)C2. The third kappa shape index (κ3) is 4.01. The highest BCUT2D eigenvalue weighted by molar-refractivity contribution is 7.99. The molecule has 0 unspecified atom stereocenters. The first-order chi connectivity index (χ1) is 13.2. The highest BCUT2D eigenvalue weighted by atomic mass is 32.2. The highest BCUT2D eigenvalue weighted by Gasteiger charge is 2.49. The molecule has 3 fully saturated rings. The van der Waals surface area contributed by atoms with Gasteiger partial charge in [0.2, 0.25) is 5.43 Å². The van der Waals surface area contributed by atoms with Gasteiger partial charge in [-0.2, -0.15) is 11.8 Å². The number of nitrogens with zero attached hydrogens (tertiary/aromatic N) is 3. The molecular formula is C22H35N3O2S. The van der Waals surface area contributed by atoms with Crippen LogP contribution in [0.15, 0.2) is 10.9 Å². The zero-order chi connectivity index (χ0) is 20.1. The van der Waals surface area contributed by atoms with Crippen molar-refractivity contribution in [3.05, 3.63) is 27.7 Å². The average Bonchev–Trinajstić information content (AvgIpc) is 2.85. The van der Waals surface area contributed by atoms with E-state index >= 15 is 0 Å². The lowest BCUT2D eigenvalue weighted by atomic mass is 9.65. The summed E-state index contributed by atoms with van der Waals surface area (Å²) in [4.78, 5) is 17.5. The second-order valence-electron chi connectivity index (χ2n) is 10.4. The number of thioether (sulfide) groups is 1. The maximum absolute atomic E-state index is 12.5. The van der Waals surface area contributed by atoms with Crippen LogP contribution in [0.5, 0.6) is 5.75 Å². The molecule has 1 saturated carbocycles. The van der Waals surface area contributed by atoms with Crippen molar-refractivity contribution in [3.63, 3.8) is 0 Å². The zero-order valence-corrected chi connectivity index (χ0v) is 18.6. The van der Waals surface area contributed by atoms with Crippen LogP contribution in [0, 0.1) is 10.8 Å². The van der Waals surface area contributed by atoms with Gasteiger partial charge in [0.15, 0.2) is 5.75 Å². The molecule has 28 heavy (non-hydrogen) atoms. The smallest absolute Gasteiger partial charge is 0.223 e. The van der Waals surface area contributed by atoms with Gasteiger partial charge in [0.1, 0.15) is 0 Å². The van der Waals surface area contributed by atoms with Gasteiger partial charge in [0.05, 0.1) is 5.69 Å². The molecule has 0 aromatic carbocycles. The Balaban J connectivity index is 1.58. The Hall–Kier alpha value is -0.980. The molecule has 1 aliphatic carbocycles. The van der Waals surface area contributed by atoms with Crippen molar-refractivity contribution < 1.29 is 5.11 Å². The van der Waals surface area contributed by atoms with E-state index in [2.05, 4.69) is 35.1 Å². The number of aromatic hydroxyl groups is 1. The molecule has 3 aliphatic rings. The van der Waals surface area contributed by atoms with Crippen molar-refractivity contribution in [3.8, 4) is 5.75 Å². The summed E-state index contributed by atoms with van der Waals surface area (Å²) in [6, 6.07) is 2.18. The van der Waals surface area contributed by atoms with Crippen molar-refractivity contribution in [1.82, 2.24) is 14.4 Å². The Morgan fingerprint density at radius 2 is 1.89 bits per heavy atom. The summed E-state index contributed by atoms with van der Waals surface area (Å²) in [7, 11) is 2.01. The van der Waals surface area contributed by atoms with E-state index in [1.807, 2.05) is 18.8 Å². The normalized spacial score (nSPS) is 30.6. The van der Waals surface area contributed by atoms with Crippen molar-refractivity contribution in [2.45, 2.75) is 59.2 Å². The van der Waals surface area contributed by atoms with Gasteiger partial charge in [-0.25, -0.2) is 0 Å². The molecule has 0 spiro atoms. The maximum Gasteiger partial charge on any atom is 0.223 e. The molecule has 0 amide bonds. The summed E-state index contributed by atoms with van der Waals surface area (Å²) in [6.07, 6.45) is 3.68. The lowest BCUT2D eigenvalue weighted by molar-refractivity contribution is 0.126. The number of hydrogen-bond donors (Lipinski definition) is 1. The summed E-state index contributed by atoms with van der Waals surface area (Å²) in [6.45, 7) is 11.8. The monoisotopic (exact) mass is 405 g/mol. The van der Waals surface area contributed by atoms with Crippen LogP contribution in [0.25, 0.3) is 0 Å². The van der Waals surface area contributed by atoms with E-state index in [1.165, 1.54) is 19.3 Å². The molecule has 1 aromatic rings. The lowest BCUT2D eigenvalue weighted by Gasteiger charge is -2.40. The van der Waals surface area contributed by atoms with E-state index in [9.17, 15) is 9.90 Å². The third-order valence-electron chi connectivity index (χ3n) is 7.01. The maximum atomic E-state index is 12.5. The second-order valence-corrected chi connectivity index (χ2v) is 11.6. The van der Waals surface area contributed by atoms with Crippen molar-refractivity contribution in [2.24, 2.45) is 17.9 Å². The number of hydrogen-bond acceptors (Lipinski definition) is 5. The van der Waals surface area contributed by atoms with Gasteiger partial charge in [-0.3, -0.25) is 14.6 Å². The Labute approximate surface area is 173 Å². The number of pyridine rings is 1. The van der Waals surface area contributed by atoms with Gasteiger partial charge in [0.25, 0.3) is 0 Å². The molecule has 2 aliphatic heterocycles. The molecule has 1 aromatic heterocycles. The fourth-order valence-electron chi connectivity index (χ4n) is 6.07. The van der Waals surface area contributed by atoms with E-state index in [0.717, 1.165) is 49.1 Å². The zero-order valence-electron chi connectivity index (χ0n) is 17.8. The van der Waals surface area contributed by atoms with Crippen LogP contribution in [0.2, 0.25) is 0 Å². The molecule has 3 heterocycles. The molecule has 2 atom stereocenters. The standard InChI is InChI=1S/C22H35N3O2S/c1-21(2)10-17-11-22(3,14-21)15-25(17)13-18-20(27)19(26)9-16(23(18)4)12-24-5-7-28-8-6-24/h9,17,27H,5-8,10-15H2,1-4H3/t17-,22+/m0/s1. The topological polar surface area (TPSA) is 48.7 Å². The third-order valence-corrected chi connectivity index (χ3v) is 7.95. The first-order valence-electron chi connectivity index (χ1n) is 10.6. The van der Waals surface area contributed by atoms with Crippen molar-refractivity contribution >= 4 is 11.8 Å². The van der Waals surface area contributed by atoms with Crippen LogP contribution in [-0.2, 0) is 20.1 Å². The fraction of sp³-hybridized carbons (Fsp3) is 0.773. The number of aromatic nitrogens is 1. The van der Waals surface area contributed by atoms with E-state index in [4.69, 9.17) is 0 Å². The summed E-state index contributed by atoms with van der Waals surface area (Å²) >= 11 is 1.99. The summed E-state index contributed by atoms with van der Waals surface area (Å²) in [5.41, 5.74) is 2.28. The molecular weight excluding hydrogens is 370 g/mol. The Bertz CT molecular complexity index is 800. The van der Waals surface area contributed by atoms with Crippen LogP contribution >= 0.6 is 11.8 Å². The van der Waals surface area contributed by atoms with Crippen LogP contribution in [0.1, 0.15) is 51.4 Å². The minimum absolute atomic E-state index is 0.0636. The quantitative estimate of drug-likeness (QED) is 0.834. The first kappa shape index (κ1) is 20.3. The highest BCUT2D eigenvalue weighted by Crippen LogP contribution is 2.52. The molecule has 4 rings (SSSR count). The van der Waals surface area contributed by atoms with Gasteiger partial charge in [-0.15, -0.1) is 0 Å². The van der Waals surface area contributed by atoms with Gasteiger partial charge in [-0.1, -0.05) is 20.8 Å². The summed E-state index contributed by atoms with van der Waals surface area (Å²) in [5, 5.41) is 10.6. The van der Waals surface area contributed by atoms with Crippen LogP contribution in [0.3, 0.4) is 0 Å². The van der Waals surface area contributed by atoms with E-state index in [1.54, 1.807) is 6.07 Å². The summed E-state index contributed by atoms with van der Waals surface area (Å²) in [5.74, 6) is 2.25. The van der Waals surface area contributed by atoms with E-state index in [0.29, 0.717) is 23.4 Å². The Morgan fingerprint density at radius 1 is 1.18 bits per heavy atom. The van der Waals surface area contributed by atoms with Gasteiger partial charge < -0.3 is 9.67 Å². The minimum Gasteiger partial charge on any atom is -0.503 e. The Morgan fingerprint density at radius 3 is 2.61 bits per heavy atom. The summed E-state index contributed by atoms with van der Waals surface area (Å²) < 4.78 is 2.08. The molecule has 1 N–H and O–H groups in total. The predicted octanol–water partition coefficient (Wildman–Crippen LogP) is 3.04. The minimum atomic E-state index is -0.233. The van der Waals surface area contributed by atoms with Gasteiger partial charge in [-0.05, 0) is 30.1 Å². The van der Waals surface area contributed by atoms with Crippen LogP contribution in [-0.4, -0.2) is 56.7 Å². The number of fused-ring (bicyclic) bond motifs is 2. The first-order valence-corrected chi connectivity index (χ1v) is 11.8. The van der Waals surface area contributed by atoms with Crippen LogP contribution < -0.4 is 5.43 Å².